The highest BCUT2D eigenvalue weighted by molar-refractivity contribution is 7.11. The van der Waals surface area contributed by atoms with Crippen LogP contribution in [0.1, 0.15) is 58.0 Å². The van der Waals surface area contributed by atoms with Crippen molar-refractivity contribution in [2.75, 3.05) is 6.54 Å². The second-order valence-electron chi connectivity index (χ2n) is 6.77. The lowest BCUT2D eigenvalue weighted by molar-refractivity contribution is 0.259. The van der Waals surface area contributed by atoms with Gasteiger partial charge in [-0.15, -0.1) is 21.5 Å². The maximum absolute atomic E-state index is 4.33. The van der Waals surface area contributed by atoms with Gasteiger partial charge in [0.1, 0.15) is 10.0 Å². The molecule has 0 aromatic carbocycles. The van der Waals surface area contributed by atoms with E-state index >= 15 is 0 Å². The molecule has 0 saturated heterocycles. The molecule has 0 bridgehead atoms. The Morgan fingerprint density at radius 1 is 1.11 bits per heavy atom. The van der Waals surface area contributed by atoms with Gasteiger partial charge in [0.05, 0.1) is 0 Å². The molecule has 0 saturated carbocycles. The van der Waals surface area contributed by atoms with Crippen molar-refractivity contribution in [2.24, 2.45) is 11.3 Å². The molecular weight excluding hydrogens is 254 g/mol. The highest BCUT2D eigenvalue weighted by Gasteiger charge is 2.21. The minimum Gasteiger partial charge on any atom is -0.315 e. The van der Waals surface area contributed by atoms with E-state index < -0.39 is 0 Å². The van der Waals surface area contributed by atoms with E-state index in [9.17, 15) is 0 Å². The van der Waals surface area contributed by atoms with Crippen molar-refractivity contribution >= 4 is 11.3 Å². The van der Waals surface area contributed by atoms with Crippen LogP contribution in [0.4, 0.5) is 0 Å². The molecule has 1 unspecified atom stereocenters. The van der Waals surface area contributed by atoms with Crippen LogP contribution < -0.4 is 5.32 Å². The molecule has 0 radical (unpaired) electrons. The third-order valence-corrected chi connectivity index (χ3v) is 4.59. The molecule has 0 aliphatic heterocycles. The zero-order valence-corrected chi connectivity index (χ0v) is 14.1. The molecule has 0 amide bonds. The molecule has 1 aromatic rings. The number of hydrogen-bond acceptors (Lipinski definition) is 4. The molecule has 0 spiro atoms. The van der Waals surface area contributed by atoms with Crippen LogP contribution in [0.5, 0.6) is 0 Å². The van der Waals surface area contributed by atoms with Gasteiger partial charge in [0, 0.05) is 18.9 Å². The van der Waals surface area contributed by atoms with Gasteiger partial charge in [-0.25, -0.2) is 0 Å². The summed E-state index contributed by atoms with van der Waals surface area (Å²) in [6.45, 7) is 14.6. The van der Waals surface area contributed by atoms with E-state index in [1.165, 1.54) is 10.0 Å². The fraction of sp³-hybridized carbons (Fsp3) is 0.867. The SMILES string of the molecule is CC(C)NCCCc1nnc(CC(C)C(C)(C)C)s1. The first-order valence-corrected chi connectivity index (χ1v) is 8.15. The van der Waals surface area contributed by atoms with Crippen LogP contribution in [0.25, 0.3) is 0 Å². The fourth-order valence-electron chi connectivity index (χ4n) is 1.67. The second-order valence-corrected chi connectivity index (χ2v) is 7.92. The fourth-order valence-corrected chi connectivity index (χ4v) is 2.69. The summed E-state index contributed by atoms with van der Waals surface area (Å²) in [4.78, 5) is 0. The van der Waals surface area contributed by atoms with Gasteiger partial charge in [0.15, 0.2) is 0 Å². The first kappa shape index (κ1) is 16.6. The molecule has 0 fully saturated rings. The number of hydrogen-bond donors (Lipinski definition) is 1. The first-order chi connectivity index (χ1) is 8.79. The summed E-state index contributed by atoms with van der Waals surface area (Å²) < 4.78 is 0. The average Bonchev–Trinajstić information content (AvgIpc) is 2.70. The van der Waals surface area contributed by atoms with Crippen LogP contribution >= 0.6 is 11.3 Å². The van der Waals surface area contributed by atoms with Gasteiger partial charge in [-0.2, -0.15) is 0 Å². The Hall–Kier alpha value is -0.480. The Morgan fingerprint density at radius 3 is 2.32 bits per heavy atom. The minimum atomic E-state index is 0.340. The summed E-state index contributed by atoms with van der Waals surface area (Å²) in [5.74, 6) is 0.635. The molecule has 1 N–H and O–H groups in total. The highest BCUT2D eigenvalue weighted by atomic mass is 32.1. The first-order valence-electron chi connectivity index (χ1n) is 7.33. The van der Waals surface area contributed by atoms with Crippen molar-refractivity contribution in [1.29, 1.82) is 0 Å². The molecule has 1 rings (SSSR count). The quantitative estimate of drug-likeness (QED) is 0.775. The van der Waals surface area contributed by atoms with Gasteiger partial charge in [0.25, 0.3) is 0 Å². The largest absolute Gasteiger partial charge is 0.315 e. The Balaban J connectivity index is 2.36. The second kappa shape index (κ2) is 7.34. The number of nitrogens with one attached hydrogen (secondary N) is 1. The molecule has 3 nitrogen and oxygen atoms in total. The summed E-state index contributed by atoms with van der Waals surface area (Å²) in [6, 6.07) is 0.567. The molecule has 19 heavy (non-hydrogen) atoms. The van der Waals surface area contributed by atoms with E-state index in [-0.39, 0.29) is 0 Å². The van der Waals surface area contributed by atoms with Gasteiger partial charge >= 0.3 is 0 Å². The van der Waals surface area contributed by atoms with Crippen LogP contribution in [-0.4, -0.2) is 22.8 Å². The van der Waals surface area contributed by atoms with E-state index in [0.717, 1.165) is 25.8 Å². The maximum atomic E-state index is 4.33. The highest BCUT2D eigenvalue weighted by Crippen LogP contribution is 2.29. The minimum absolute atomic E-state index is 0.340. The molecular formula is C15H29N3S. The van der Waals surface area contributed by atoms with Crippen molar-refractivity contribution in [3.8, 4) is 0 Å². The summed E-state index contributed by atoms with van der Waals surface area (Å²) >= 11 is 1.79. The number of nitrogens with zero attached hydrogens (tertiary/aromatic N) is 2. The maximum Gasteiger partial charge on any atom is 0.117 e. The smallest absolute Gasteiger partial charge is 0.117 e. The normalized spacial score (nSPS) is 14.1. The van der Waals surface area contributed by atoms with Crippen molar-refractivity contribution in [1.82, 2.24) is 15.5 Å². The zero-order chi connectivity index (χ0) is 14.5. The van der Waals surface area contributed by atoms with Crippen LogP contribution in [0.2, 0.25) is 0 Å². The summed E-state index contributed by atoms with van der Waals surface area (Å²) in [5.41, 5.74) is 0.340. The van der Waals surface area contributed by atoms with E-state index in [4.69, 9.17) is 0 Å². The predicted molar refractivity (Wildman–Crippen MR) is 83.7 cm³/mol. The molecule has 4 heteroatoms. The van der Waals surface area contributed by atoms with Gasteiger partial charge < -0.3 is 5.32 Å². The summed E-state index contributed by atoms with van der Waals surface area (Å²) in [7, 11) is 0. The van der Waals surface area contributed by atoms with E-state index in [0.29, 0.717) is 17.4 Å². The van der Waals surface area contributed by atoms with Gasteiger partial charge in [0.2, 0.25) is 0 Å². The van der Waals surface area contributed by atoms with Gasteiger partial charge in [-0.05, 0) is 24.3 Å². The van der Waals surface area contributed by atoms with Crippen molar-refractivity contribution < 1.29 is 0 Å². The Labute approximate surface area is 122 Å². The topological polar surface area (TPSA) is 37.8 Å². The summed E-state index contributed by atoms with van der Waals surface area (Å²) in [6.07, 6.45) is 3.23. The number of aryl methyl sites for hydroxylation is 1. The molecule has 1 atom stereocenters. The third-order valence-electron chi connectivity index (χ3n) is 3.59. The van der Waals surface area contributed by atoms with Gasteiger partial charge in [-0.1, -0.05) is 41.5 Å². The predicted octanol–water partition coefficient (Wildman–Crippen LogP) is 3.69. The van der Waals surface area contributed by atoms with E-state index in [1.807, 2.05) is 0 Å². The van der Waals surface area contributed by atoms with E-state index in [2.05, 4.69) is 57.1 Å². The van der Waals surface area contributed by atoms with Crippen molar-refractivity contribution in [2.45, 2.75) is 66.8 Å². The van der Waals surface area contributed by atoms with Crippen LogP contribution in [0, 0.1) is 11.3 Å². The number of aromatic nitrogens is 2. The van der Waals surface area contributed by atoms with Crippen LogP contribution in [-0.2, 0) is 12.8 Å². The van der Waals surface area contributed by atoms with Crippen molar-refractivity contribution in [3.63, 3.8) is 0 Å². The molecule has 110 valence electrons. The van der Waals surface area contributed by atoms with Gasteiger partial charge in [-0.3, -0.25) is 0 Å². The zero-order valence-electron chi connectivity index (χ0n) is 13.3. The molecule has 1 heterocycles. The Morgan fingerprint density at radius 2 is 1.74 bits per heavy atom. The number of rotatable bonds is 7. The third kappa shape index (κ3) is 6.48. The molecule has 0 aliphatic carbocycles. The Bertz CT molecular complexity index is 366. The monoisotopic (exact) mass is 283 g/mol. The Kier molecular flexibility index (Phi) is 6.40. The lowest BCUT2D eigenvalue weighted by atomic mass is 9.80. The summed E-state index contributed by atoms with van der Waals surface area (Å²) in [5, 5.41) is 14.4. The van der Waals surface area contributed by atoms with E-state index in [1.54, 1.807) is 11.3 Å². The molecule has 0 aliphatic rings. The molecule has 1 aromatic heterocycles. The standard InChI is InChI=1S/C15H29N3S/c1-11(2)16-9-7-8-13-17-18-14(19-13)10-12(3)15(4,5)6/h11-12,16H,7-10H2,1-6H3. The van der Waals surface area contributed by atoms with Crippen molar-refractivity contribution in [3.05, 3.63) is 10.0 Å². The van der Waals surface area contributed by atoms with Crippen LogP contribution in [0.3, 0.4) is 0 Å². The lowest BCUT2D eigenvalue weighted by Gasteiger charge is -2.26. The lowest BCUT2D eigenvalue weighted by Crippen LogP contribution is -2.23. The van der Waals surface area contributed by atoms with Crippen LogP contribution in [0.15, 0.2) is 0 Å². The average molecular weight is 283 g/mol.